The Kier molecular flexibility index (Phi) is 6.83. The van der Waals surface area contributed by atoms with Gasteiger partial charge < -0.3 is 19.5 Å². The quantitative estimate of drug-likeness (QED) is 0.550. The Balaban J connectivity index is 2.20. The maximum atomic E-state index is 13.7. The third-order valence-corrected chi connectivity index (χ3v) is 5.77. The molecule has 2 aliphatic rings. The Bertz CT molecular complexity index is 961. The summed E-state index contributed by atoms with van der Waals surface area (Å²) < 4.78 is 16.1. The molecule has 31 heavy (non-hydrogen) atoms. The molecule has 7 heteroatoms. The van der Waals surface area contributed by atoms with Gasteiger partial charge in [-0.1, -0.05) is 25.1 Å². The second-order valence-electron chi connectivity index (χ2n) is 7.73. The van der Waals surface area contributed by atoms with Gasteiger partial charge in [-0.05, 0) is 39.2 Å². The van der Waals surface area contributed by atoms with Gasteiger partial charge in [0, 0.05) is 22.5 Å². The van der Waals surface area contributed by atoms with E-state index in [9.17, 15) is 14.4 Å². The summed E-state index contributed by atoms with van der Waals surface area (Å²) in [6.07, 6.45) is 0.490. The molecule has 1 aliphatic heterocycles. The number of dihydropyridines is 1. The lowest BCUT2D eigenvalue weighted by Gasteiger charge is -2.38. The first-order valence-electron chi connectivity index (χ1n) is 10.6. The van der Waals surface area contributed by atoms with E-state index >= 15 is 0 Å². The molecule has 1 aromatic rings. The van der Waals surface area contributed by atoms with E-state index in [1.165, 1.54) is 0 Å². The maximum absolute atomic E-state index is 13.7. The lowest BCUT2D eigenvalue weighted by molar-refractivity contribution is -0.153. The summed E-state index contributed by atoms with van der Waals surface area (Å²) >= 11 is 0. The standard InChI is InChI=1S/C24H29NO6/c1-6-30-23(27)18-13(3)12-16-21(22(18)26)20(15-10-8-9-11-17(15)29-5)19(14(4)25-16)24(28)31-7-2/h8-11,13,18,20,25H,6-7,12H2,1-5H3/t13-,18-,20-/m1/s1. The zero-order valence-corrected chi connectivity index (χ0v) is 18.6. The highest BCUT2D eigenvalue weighted by Gasteiger charge is 2.47. The van der Waals surface area contributed by atoms with Gasteiger partial charge in [0.25, 0.3) is 0 Å². The Hall–Kier alpha value is -3.09. The van der Waals surface area contributed by atoms with Crippen molar-refractivity contribution in [3.05, 3.63) is 52.4 Å². The number of hydrogen-bond acceptors (Lipinski definition) is 7. The van der Waals surface area contributed by atoms with Crippen molar-refractivity contribution in [1.29, 1.82) is 0 Å². The van der Waals surface area contributed by atoms with Gasteiger partial charge >= 0.3 is 11.9 Å². The van der Waals surface area contributed by atoms with Gasteiger partial charge in [-0.2, -0.15) is 0 Å². The number of nitrogens with one attached hydrogen (secondary N) is 1. The van der Waals surface area contributed by atoms with Crippen LogP contribution in [-0.2, 0) is 23.9 Å². The number of rotatable bonds is 6. The largest absolute Gasteiger partial charge is 0.496 e. The molecule has 166 valence electrons. The van der Waals surface area contributed by atoms with Crippen LogP contribution in [0.1, 0.15) is 45.6 Å². The monoisotopic (exact) mass is 427 g/mol. The molecule has 1 aliphatic carbocycles. The maximum Gasteiger partial charge on any atom is 0.336 e. The summed E-state index contributed by atoms with van der Waals surface area (Å²) in [5.41, 5.74) is 2.76. The summed E-state index contributed by atoms with van der Waals surface area (Å²) in [5, 5.41) is 3.24. The molecule has 1 aromatic carbocycles. The van der Waals surface area contributed by atoms with Crippen molar-refractivity contribution in [2.24, 2.45) is 11.8 Å². The number of esters is 2. The van der Waals surface area contributed by atoms with E-state index < -0.39 is 23.8 Å². The molecule has 0 unspecified atom stereocenters. The number of methoxy groups -OCH3 is 1. The van der Waals surface area contributed by atoms with Crippen LogP contribution in [-0.4, -0.2) is 38.0 Å². The van der Waals surface area contributed by atoms with E-state index in [2.05, 4.69) is 5.32 Å². The molecule has 3 atom stereocenters. The van der Waals surface area contributed by atoms with Crippen molar-refractivity contribution < 1.29 is 28.6 Å². The van der Waals surface area contributed by atoms with Gasteiger partial charge in [0.2, 0.25) is 0 Å². The summed E-state index contributed by atoms with van der Waals surface area (Å²) in [5.74, 6) is -2.67. The number of ether oxygens (including phenoxy) is 3. The van der Waals surface area contributed by atoms with E-state index in [4.69, 9.17) is 14.2 Å². The second-order valence-corrected chi connectivity index (χ2v) is 7.73. The van der Waals surface area contributed by atoms with Crippen LogP contribution in [0.15, 0.2) is 46.8 Å². The first-order valence-corrected chi connectivity index (χ1v) is 10.6. The van der Waals surface area contributed by atoms with Crippen LogP contribution in [0.4, 0.5) is 0 Å². The molecule has 0 fully saturated rings. The molecule has 0 bridgehead atoms. The van der Waals surface area contributed by atoms with Crippen molar-refractivity contribution in [2.45, 2.75) is 40.0 Å². The zero-order valence-electron chi connectivity index (χ0n) is 18.6. The first kappa shape index (κ1) is 22.6. The van der Waals surface area contributed by atoms with E-state index in [1.54, 1.807) is 33.9 Å². The summed E-state index contributed by atoms with van der Waals surface area (Å²) in [6.45, 7) is 7.51. The number of carbonyl (C=O) groups is 3. The van der Waals surface area contributed by atoms with Gasteiger partial charge in [-0.25, -0.2) is 4.79 Å². The van der Waals surface area contributed by atoms with Crippen molar-refractivity contribution in [2.75, 3.05) is 20.3 Å². The Morgan fingerprint density at radius 2 is 1.81 bits per heavy atom. The fourth-order valence-corrected chi connectivity index (χ4v) is 4.48. The fraction of sp³-hybridized carbons (Fsp3) is 0.458. The average Bonchev–Trinajstić information content (AvgIpc) is 2.73. The number of hydrogen-bond donors (Lipinski definition) is 1. The molecule has 0 amide bonds. The van der Waals surface area contributed by atoms with E-state index in [0.717, 1.165) is 5.70 Å². The van der Waals surface area contributed by atoms with Gasteiger partial charge in [0.1, 0.15) is 11.7 Å². The Labute approximate surface area is 182 Å². The Morgan fingerprint density at radius 3 is 2.45 bits per heavy atom. The van der Waals surface area contributed by atoms with Crippen LogP contribution >= 0.6 is 0 Å². The lowest BCUT2D eigenvalue weighted by Crippen LogP contribution is -2.43. The molecule has 0 saturated carbocycles. The van der Waals surface area contributed by atoms with Gasteiger partial charge in [0.15, 0.2) is 5.78 Å². The minimum absolute atomic E-state index is 0.197. The minimum Gasteiger partial charge on any atom is -0.496 e. The molecular weight excluding hydrogens is 398 g/mol. The second kappa shape index (κ2) is 9.37. The van der Waals surface area contributed by atoms with Gasteiger partial charge in [0.05, 0.1) is 31.8 Å². The number of para-hydroxylation sites is 1. The van der Waals surface area contributed by atoms with E-state index in [0.29, 0.717) is 34.6 Å². The summed E-state index contributed by atoms with van der Waals surface area (Å²) in [4.78, 5) is 39.3. The van der Waals surface area contributed by atoms with Crippen LogP contribution in [0.3, 0.4) is 0 Å². The van der Waals surface area contributed by atoms with Gasteiger partial charge in [-0.3, -0.25) is 9.59 Å². The lowest BCUT2D eigenvalue weighted by atomic mass is 9.69. The average molecular weight is 427 g/mol. The topological polar surface area (TPSA) is 90.9 Å². The van der Waals surface area contributed by atoms with Crippen molar-refractivity contribution in [1.82, 2.24) is 5.32 Å². The van der Waals surface area contributed by atoms with Crippen molar-refractivity contribution >= 4 is 17.7 Å². The highest BCUT2D eigenvalue weighted by molar-refractivity contribution is 6.12. The summed E-state index contributed by atoms with van der Waals surface area (Å²) in [6, 6.07) is 7.27. The fourth-order valence-electron chi connectivity index (χ4n) is 4.48. The van der Waals surface area contributed by atoms with Crippen molar-refractivity contribution in [3.63, 3.8) is 0 Å². The highest BCUT2D eigenvalue weighted by atomic mass is 16.5. The van der Waals surface area contributed by atoms with Crippen LogP contribution in [0, 0.1) is 11.8 Å². The number of ketones is 1. The third-order valence-electron chi connectivity index (χ3n) is 5.77. The number of Topliss-reactive ketones (excluding diaryl/α,β-unsaturated/α-hetero) is 1. The highest BCUT2D eigenvalue weighted by Crippen LogP contribution is 2.47. The van der Waals surface area contributed by atoms with E-state index in [-0.39, 0.29) is 24.9 Å². The molecule has 0 radical (unpaired) electrons. The normalized spacial score (nSPS) is 23.1. The first-order chi connectivity index (χ1) is 14.8. The molecular formula is C24H29NO6. The van der Waals surface area contributed by atoms with Crippen LogP contribution in [0.2, 0.25) is 0 Å². The van der Waals surface area contributed by atoms with E-state index in [1.807, 2.05) is 25.1 Å². The predicted octanol–water partition coefficient (Wildman–Crippen LogP) is 3.26. The Morgan fingerprint density at radius 1 is 1.13 bits per heavy atom. The smallest absolute Gasteiger partial charge is 0.336 e. The molecule has 0 aromatic heterocycles. The number of allylic oxidation sites excluding steroid dienone is 3. The van der Waals surface area contributed by atoms with Crippen LogP contribution < -0.4 is 10.1 Å². The summed E-state index contributed by atoms with van der Waals surface area (Å²) in [7, 11) is 1.54. The zero-order chi connectivity index (χ0) is 22.7. The minimum atomic E-state index is -0.917. The molecule has 0 saturated heterocycles. The molecule has 0 spiro atoms. The molecule has 7 nitrogen and oxygen atoms in total. The van der Waals surface area contributed by atoms with Crippen LogP contribution in [0.25, 0.3) is 0 Å². The third kappa shape index (κ3) is 4.09. The van der Waals surface area contributed by atoms with Crippen LogP contribution in [0.5, 0.6) is 5.75 Å². The SMILES string of the molecule is CCOC(=O)C1=C(C)NC2=C(C(=O)[C@H](C(=O)OCC)[C@H](C)C2)[C@@H]1c1ccccc1OC. The van der Waals surface area contributed by atoms with Gasteiger partial charge in [-0.15, -0.1) is 0 Å². The molecule has 1 N–H and O–H groups in total. The molecule has 1 heterocycles. The number of carbonyl (C=O) groups excluding carboxylic acids is 3. The number of benzene rings is 1. The predicted molar refractivity (Wildman–Crippen MR) is 114 cm³/mol. The molecule has 3 rings (SSSR count). The van der Waals surface area contributed by atoms with Crippen molar-refractivity contribution in [3.8, 4) is 5.75 Å².